The minimum Gasteiger partial charge on any atom is -0.325 e. The van der Waals surface area contributed by atoms with Crippen LogP contribution < -0.4 is 0 Å². The second-order valence-electron chi connectivity index (χ2n) is 5.25. The van der Waals surface area contributed by atoms with E-state index < -0.39 is 0 Å². The van der Waals surface area contributed by atoms with Crippen LogP contribution in [0, 0.1) is 0 Å². The lowest BCUT2D eigenvalue weighted by Crippen LogP contribution is -2.27. The van der Waals surface area contributed by atoms with E-state index in [4.69, 9.17) is 0 Å². The van der Waals surface area contributed by atoms with E-state index >= 15 is 0 Å². The molecule has 0 aromatic carbocycles. The van der Waals surface area contributed by atoms with Crippen LogP contribution >= 0.6 is 11.3 Å². The maximum Gasteiger partial charge on any atom is 0.264 e. The third-order valence-corrected chi connectivity index (χ3v) is 4.75. The summed E-state index contributed by atoms with van der Waals surface area (Å²) in [7, 11) is 0. The van der Waals surface area contributed by atoms with Crippen molar-refractivity contribution in [1.29, 1.82) is 0 Å². The lowest BCUT2D eigenvalue weighted by molar-refractivity contribution is 0.0709. The van der Waals surface area contributed by atoms with Crippen LogP contribution in [-0.2, 0) is 6.54 Å². The summed E-state index contributed by atoms with van der Waals surface area (Å²) in [5.74, 6) is 1.01. The molecule has 7 heteroatoms. The van der Waals surface area contributed by atoms with E-state index in [0.717, 1.165) is 16.1 Å². The predicted molar refractivity (Wildman–Crippen MR) is 85.7 cm³/mol. The van der Waals surface area contributed by atoms with Gasteiger partial charge in [-0.25, -0.2) is 19.9 Å². The van der Waals surface area contributed by atoms with Gasteiger partial charge in [0.1, 0.15) is 0 Å². The first-order chi connectivity index (χ1) is 11.2. The van der Waals surface area contributed by atoms with Crippen LogP contribution in [0.3, 0.4) is 0 Å². The van der Waals surface area contributed by atoms with Gasteiger partial charge < -0.3 is 4.90 Å². The highest BCUT2D eigenvalue weighted by molar-refractivity contribution is 7.12. The summed E-state index contributed by atoms with van der Waals surface area (Å²) in [6.07, 6.45) is 5.10. The van der Waals surface area contributed by atoms with Crippen molar-refractivity contribution in [2.24, 2.45) is 0 Å². The quantitative estimate of drug-likeness (QED) is 0.725. The zero-order valence-corrected chi connectivity index (χ0v) is 13.2. The number of hydrogen-bond acceptors (Lipinski definition) is 6. The summed E-state index contributed by atoms with van der Waals surface area (Å²) in [6, 6.07) is 5.44. The maximum absolute atomic E-state index is 12.6. The molecule has 0 radical (unpaired) electrons. The third-order valence-electron chi connectivity index (χ3n) is 3.90. The fraction of sp³-hybridized carbons (Fsp3) is 0.188. The Balaban J connectivity index is 1.66. The van der Waals surface area contributed by atoms with Gasteiger partial charge >= 0.3 is 0 Å². The molecule has 1 amide bonds. The van der Waals surface area contributed by atoms with Gasteiger partial charge in [0.15, 0.2) is 11.6 Å². The number of carbonyl (C=O) groups excluding carboxylic acids is 1. The molecular weight excluding hydrogens is 310 g/mol. The molecule has 114 valence electrons. The summed E-state index contributed by atoms with van der Waals surface area (Å²) in [5, 5.41) is 1.91. The largest absolute Gasteiger partial charge is 0.325 e. The van der Waals surface area contributed by atoms with Crippen LogP contribution in [0.25, 0.3) is 11.6 Å². The molecule has 6 nitrogen and oxygen atoms in total. The van der Waals surface area contributed by atoms with Gasteiger partial charge in [-0.2, -0.15) is 0 Å². The summed E-state index contributed by atoms with van der Waals surface area (Å²) in [4.78, 5) is 32.4. The number of aromatic nitrogens is 4. The highest BCUT2D eigenvalue weighted by atomic mass is 32.1. The predicted octanol–water partition coefficient (Wildman–Crippen LogP) is 2.71. The van der Waals surface area contributed by atoms with Crippen molar-refractivity contribution in [2.45, 2.75) is 19.5 Å². The molecule has 3 aromatic rings. The topological polar surface area (TPSA) is 71.9 Å². The van der Waals surface area contributed by atoms with Crippen LogP contribution in [0.4, 0.5) is 0 Å². The monoisotopic (exact) mass is 323 g/mol. The SMILES string of the molecule is CC1c2cnc(-c3ncccn3)nc2CN1C(=O)c1cccs1. The Morgan fingerprint density at radius 1 is 1.22 bits per heavy atom. The first-order valence-electron chi connectivity index (χ1n) is 7.21. The molecule has 0 saturated heterocycles. The van der Waals surface area contributed by atoms with Gasteiger partial charge in [0.05, 0.1) is 23.2 Å². The maximum atomic E-state index is 12.6. The van der Waals surface area contributed by atoms with Crippen LogP contribution in [0.1, 0.15) is 33.9 Å². The second-order valence-corrected chi connectivity index (χ2v) is 6.20. The van der Waals surface area contributed by atoms with Crippen LogP contribution in [0.5, 0.6) is 0 Å². The van der Waals surface area contributed by atoms with Crippen molar-refractivity contribution in [3.05, 3.63) is 58.3 Å². The van der Waals surface area contributed by atoms with Crippen molar-refractivity contribution >= 4 is 17.2 Å². The number of amides is 1. The average Bonchev–Trinajstić information content (AvgIpc) is 3.23. The Morgan fingerprint density at radius 3 is 2.78 bits per heavy atom. The molecule has 0 spiro atoms. The number of rotatable bonds is 2. The molecule has 1 unspecified atom stereocenters. The van der Waals surface area contributed by atoms with Gasteiger partial charge in [-0.05, 0) is 24.4 Å². The van der Waals surface area contributed by atoms with Gasteiger partial charge in [0, 0.05) is 24.2 Å². The first-order valence-corrected chi connectivity index (χ1v) is 8.09. The second kappa shape index (κ2) is 5.51. The molecule has 0 saturated carbocycles. The van der Waals surface area contributed by atoms with E-state index in [1.165, 1.54) is 11.3 Å². The van der Waals surface area contributed by atoms with E-state index in [1.807, 2.05) is 29.3 Å². The fourth-order valence-electron chi connectivity index (χ4n) is 2.68. The summed E-state index contributed by atoms with van der Waals surface area (Å²) in [5.41, 5.74) is 1.84. The van der Waals surface area contributed by atoms with E-state index in [0.29, 0.717) is 18.2 Å². The van der Waals surface area contributed by atoms with Crippen molar-refractivity contribution in [1.82, 2.24) is 24.8 Å². The zero-order valence-electron chi connectivity index (χ0n) is 12.4. The van der Waals surface area contributed by atoms with E-state index in [-0.39, 0.29) is 11.9 Å². The standard InChI is InChI=1S/C16H13N5OS/c1-10-11-8-19-15(14-17-5-3-6-18-14)20-12(11)9-21(10)16(22)13-4-2-7-23-13/h2-8,10H,9H2,1H3. The van der Waals surface area contributed by atoms with Gasteiger partial charge in [-0.15, -0.1) is 11.3 Å². The average molecular weight is 323 g/mol. The smallest absolute Gasteiger partial charge is 0.264 e. The van der Waals surface area contributed by atoms with Gasteiger partial charge in [0.25, 0.3) is 5.91 Å². The summed E-state index contributed by atoms with van der Waals surface area (Å²) >= 11 is 1.45. The molecule has 4 rings (SSSR count). The van der Waals surface area contributed by atoms with Crippen LogP contribution in [-0.4, -0.2) is 30.7 Å². The fourth-order valence-corrected chi connectivity index (χ4v) is 3.36. The molecule has 3 aromatic heterocycles. The van der Waals surface area contributed by atoms with Gasteiger partial charge in [-0.1, -0.05) is 6.07 Å². The molecule has 0 bridgehead atoms. The highest BCUT2D eigenvalue weighted by Gasteiger charge is 2.33. The summed E-state index contributed by atoms with van der Waals surface area (Å²) in [6.45, 7) is 2.48. The molecule has 0 aliphatic carbocycles. The first kappa shape index (κ1) is 14.0. The van der Waals surface area contributed by atoms with Crippen LogP contribution in [0.15, 0.2) is 42.2 Å². The Bertz CT molecular complexity index is 850. The molecule has 0 fully saturated rings. The number of carbonyl (C=O) groups is 1. The molecule has 1 atom stereocenters. The van der Waals surface area contributed by atoms with E-state index in [9.17, 15) is 4.79 Å². The molecule has 23 heavy (non-hydrogen) atoms. The third kappa shape index (κ3) is 2.39. The molecule has 1 aliphatic heterocycles. The Labute approximate surface area is 136 Å². The lowest BCUT2D eigenvalue weighted by Gasteiger charge is -2.20. The Hall–Kier alpha value is -2.67. The van der Waals surface area contributed by atoms with Gasteiger partial charge in [-0.3, -0.25) is 4.79 Å². The van der Waals surface area contributed by atoms with Crippen molar-refractivity contribution in [2.75, 3.05) is 0 Å². The Morgan fingerprint density at radius 2 is 2.04 bits per heavy atom. The number of fused-ring (bicyclic) bond motifs is 1. The highest BCUT2D eigenvalue weighted by Crippen LogP contribution is 2.34. The summed E-state index contributed by atoms with van der Waals surface area (Å²) < 4.78 is 0. The van der Waals surface area contributed by atoms with Crippen LogP contribution in [0.2, 0.25) is 0 Å². The van der Waals surface area contributed by atoms with Crippen molar-refractivity contribution in [3.63, 3.8) is 0 Å². The number of thiophene rings is 1. The van der Waals surface area contributed by atoms with E-state index in [2.05, 4.69) is 19.9 Å². The minimum atomic E-state index is -0.0367. The number of nitrogens with zero attached hydrogens (tertiary/aromatic N) is 5. The molecular formula is C16H13N5OS. The van der Waals surface area contributed by atoms with Gasteiger partial charge in [0.2, 0.25) is 0 Å². The molecule has 0 N–H and O–H groups in total. The van der Waals surface area contributed by atoms with Crippen molar-refractivity contribution in [3.8, 4) is 11.6 Å². The Kier molecular flexibility index (Phi) is 3.34. The minimum absolute atomic E-state index is 0.0306. The normalized spacial score (nSPS) is 16.4. The van der Waals surface area contributed by atoms with Crippen molar-refractivity contribution < 1.29 is 4.79 Å². The number of hydrogen-bond donors (Lipinski definition) is 0. The molecule has 1 aliphatic rings. The zero-order chi connectivity index (χ0) is 15.8. The van der Waals surface area contributed by atoms with E-state index in [1.54, 1.807) is 24.7 Å². The lowest BCUT2D eigenvalue weighted by atomic mass is 10.1. The molecule has 4 heterocycles.